The molecule has 2 N–H and O–H groups in total. The quantitative estimate of drug-likeness (QED) is 0.563. The van der Waals surface area contributed by atoms with E-state index in [1.54, 1.807) is 0 Å². The van der Waals surface area contributed by atoms with Crippen molar-refractivity contribution in [3.8, 4) is 6.07 Å². The number of carbonyl (C=O) groups is 1. The van der Waals surface area contributed by atoms with E-state index in [4.69, 9.17) is 5.26 Å². The summed E-state index contributed by atoms with van der Waals surface area (Å²) in [6, 6.07) is 7.54. The molecule has 7 nitrogen and oxygen atoms in total. The van der Waals surface area contributed by atoms with Crippen LogP contribution in [0.25, 0.3) is 0 Å². The summed E-state index contributed by atoms with van der Waals surface area (Å²) in [5, 5.41) is 12.9. The molecule has 0 saturated heterocycles. The number of rotatable bonds is 6. The zero-order valence-corrected chi connectivity index (χ0v) is 17.3. The van der Waals surface area contributed by atoms with Crippen LogP contribution in [-0.4, -0.2) is 26.6 Å². The van der Waals surface area contributed by atoms with Crippen LogP contribution in [0.15, 0.2) is 34.3 Å². The van der Waals surface area contributed by atoms with E-state index in [0.29, 0.717) is 11.5 Å². The summed E-state index contributed by atoms with van der Waals surface area (Å²) in [6.07, 6.45) is 3.30. The van der Waals surface area contributed by atoms with E-state index in [9.17, 15) is 13.2 Å². The van der Waals surface area contributed by atoms with Crippen molar-refractivity contribution >= 4 is 21.6 Å². The van der Waals surface area contributed by atoms with Crippen molar-refractivity contribution in [3.05, 3.63) is 29.8 Å². The van der Waals surface area contributed by atoms with Crippen molar-refractivity contribution in [3.63, 3.8) is 0 Å². The number of hydrogen-bond donors (Lipinski definition) is 2. The Balaban J connectivity index is 1.67. The highest BCUT2D eigenvalue weighted by molar-refractivity contribution is 7.89. The Labute approximate surface area is 166 Å². The van der Waals surface area contributed by atoms with E-state index in [2.05, 4.69) is 36.0 Å². The molecule has 0 aromatic heterocycles. The monoisotopic (exact) mass is 402 g/mol. The van der Waals surface area contributed by atoms with Gasteiger partial charge in [-0.1, -0.05) is 20.8 Å². The zero-order valence-electron chi connectivity index (χ0n) is 16.4. The standard InChI is InChI=1S/C20H26N4O3S/c1-19(2)15-9-10-20(19,3)17(13-15)23-24-18(25)14-5-7-16(8-6-14)28(26,27)22-12-4-11-21/h5-8,15,22H,4,9-10,12-13H2,1-3H3,(H,24,25)/b23-17+/t15-,20+/m1/s1. The lowest BCUT2D eigenvalue weighted by Gasteiger charge is -2.34. The van der Waals surface area contributed by atoms with E-state index >= 15 is 0 Å². The molecule has 1 amide bonds. The highest BCUT2D eigenvalue weighted by atomic mass is 32.2. The lowest BCUT2D eigenvalue weighted by Crippen LogP contribution is -2.34. The average Bonchev–Trinajstić information content (AvgIpc) is 2.99. The van der Waals surface area contributed by atoms with Crippen LogP contribution in [0.4, 0.5) is 0 Å². The van der Waals surface area contributed by atoms with Crippen molar-refractivity contribution < 1.29 is 13.2 Å². The van der Waals surface area contributed by atoms with Crippen LogP contribution in [-0.2, 0) is 10.0 Å². The largest absolute Gasteiger partial charge is 0.271 e. The first-order chi connectivity index (χ1) is 13.1. The molecule has 150 valence electrons. The van der Waals surface area contributed by atoms with Gasteiger partial charge in [-0.25, -0.2) is 18.6 Å². The molecule has 2 fully saturated rings. The van der Waals surface area contributed by atoms with Crippen LogP contribution in [0.1, 0.15) is 56.8 Å². The summed E-state index contributed by atoms with van der Waals surface area (Å²) in [4.78, 5) is 12.5. The number of hydrogen-bond acceptors (Lipinski definition) is 5. The second kappa shape index (κ2) is 7.30. The molecule has 0 radical (unpaired) electrons. The molecule has 2 aliphatic carbocycles. The van der Waals surface area contributed by atoms with Gasteiger partial charge < -0.3 is 0 Å². The van der Waals surface area contributed by atoms with Crippen molar-refractivity contribution in [1.29, 1.82) is 5.26 Å². The van der Waals surface area contributed by atoms with Crippen LogP contribution in [0, 0.1) is 28.1 Å². The van der Waals surface area contributed by atoms with E-state index in [-0.39, 0.29) is 34.6 Å². The summed E-state index contributed by atoms with van der Waals surface area (Å²) in [5.41, 5.74) is 4.22. The molecule has 0 spiro atoms. The average molecular weight is 403 g/mol. The van der Waals surface area contributed by atoms with E-state index < -0.39 is 10.0 Å². The summed E-state index contributed by atoms with van der Waals surface area (Å²) in [6.45, 7) is 6.83. The van der Waals surface area contributed by atoms with Gasteiger partial charge in [-0.15, -0.1) is 0 Å². The zero-order chi connectivity index (χ0) is 20.6. The van der Waals surface area contributed by atoms with Gasteiger partial charge in [0.2, 0.25) is 10.0 Å². The van der Waals surface area contributed by atoms with Gasteiger partial charge in [0.15, 0.2) is 0 Å². The van der Waals surface area contributed by atoms with E-state index in [0.717, 1.165) is 18.6 Å². The number of sulfonamides is 1. The second-order valence-corrected chi connectivity index (χ2v) is 10.1. The molecular formula is C20H26N4O3S. The normalized spacial score (nSPS) is 26.9. The first kappa shape index (κ1) is 20.5. The fraction of sp³-hybridized carbons (Fsp3) is 0.550. The van der Waals surface area contributed by atoms with Crippen molar-refractivity contribution in [1.82, 2.24) is 10.1 Å². The third kappa shape index (κ3) is 3.45. The van der Waals surface area contributed by atoms with Crippen molar-refractivity contribution in [2.24, 2.45) is 21.8 Å². The first-order valence-corrected chi connectivity index (χ1v) is 10.9. The highest BCUT2D eigenvalue weighted by Crippen LogP contribution is 2.63. The van der Waals surface area contributed by atoms with Gasteiger partial charge in [-0.05, 0) is 54.9 Å². The molecule has 8 heteroatoms. The molecule has 1 aromatic rings. The number of nitrogens with one attached hydrogen (secondary N) is 2. The predicted molar refractivity (Wildman–Crippen MR) is 106 cm³/mol. The minimum Gasteiger partial charge on any atom is -0.267 e. The molecule has 3 rings (SSSR count). The van der Waals surface area contributed by atoms with Crippen LogP contribution >= 0.6 is 0 Å². The minimum absolute atomic E-state index is 0.0119. The van der Waals surface area contributed by atoms with Crippen LogP contribution in [0.5, 0.6) is 0 Å². The Hall–Kier alpha value is -2.24. The van der Waals surface area contributed by atoms with Crippen LogP contribution < -0.4 is 10.1 Å². The Morgan fingerprint density at radius 2 is 1.96 bits per heavy atom. The summed E-state index contributed by atoms with van der Waals surface area (Å²) in [7, 11) is -3.69. The minimum atomic E-state index is -3.69. The number of nitriles is 1. The molecule has 0 unspecified atom stereocenters. The van der Waals surface area contributed by atoms with Gasteiger partial charge in [0.1, 0.15) is 0 Å². The Morgan fingerprint density at radius 3 is 2.50 bits per heavy atom. The lowest BCUT2D eigenvalue weighted by atomic mass is 9.70. The predicted octanol–water partition coefficient (Wildman–Crippen LogP) is 2.81. The molecule has 2 atom stereocenters. The maximum absolute atomic E-state index is 12.4. The molecule has 2 bridgehead atoms. The Kier molecular flexibility index (Phi) is 5.34. The van der Waals surface area contributed by atoms with Crippen LogP contribution in [0.2, 0.25) is 0 Å². The summed E-state index contributed by atoms with van der Waals surface area (Å²) < 4.78 is 26.6. The number of fused-ring (bicyclic) bond motifs is 2. The number of nitrogens with zero attached hydrogens (tertiary/aromatic N) is 2. The summed E-state index contributed by atoms with van der Waals surface area (Å²) >= 11 is 0. The first-order valence-electron chi connectivity index (χ1n) is 9.46. The number of hydrazone groups is 1. The van der Waals surface area contributed by atoms with Gasteiger partial charge in [-0.2, -0.15) is 10.4 Å². The number of amides is 1. The molecular weight excluding hydrogens is 376 g/mol. The molecule has 2 aliphatic rings. The fourth-order valence-corrected chi connectivity index (χ4v) is 5.42. The van der Waals surface area contributed by atoms with Gasteiger partial charge >= 0.3 is 0 Å². The van der Waals surface area contributed by atoms with Crippen molar-refractivity contribution in [2.45, 2.75) is 51.3 Å². The maximum Gasteiger partial charge on any atom is 0.271 e. The second-order valence-electron chi connectivity index (χ2n) is 8.32. The maximum atomic E-state index is 12.4. The number of benzene rings is 1. The third-order valence-electron chi connectivity index (χ3n) is 6.76. The highest BCUT2D eigenvalue weighted by Gasteiger charge is 2.60. The molecule has 0 heterocycles. The van der Waals surface area contributed by atoms with Gasteiger partial charge in [0.05, 0.1) is 11.0 Å². The van der Waals surface area contributed by atoms with Gasteiger partial charge in [0, 0.05) is 29.7 Å². The lowest BCUT2D eigenvalue weighted by molar-refractivity contribution is 0.0953. The molecule has 1 aromatic carbocycles. The molecule has 28 heavy (non-hydrogen) atoms. The fourth-order valence-electron chi connectivity index (χ4n) is 4.39. The summed E-state index contributed by atoms with van der Waals surface area (Å²) in [5.74, 6) is 0.240. The Morgan fingerprint density at radius 1 is 1.29 bits per heavy atom. The smallest absolute Gasteiger partial charge is 0.267 e. The third-order valence-corrected chi connectivity index (χ3v) is 8.24. The van der Waals surface area contributed by atoms with Crippen LogP contribution in [0.3, 0.4) is 0 Å². The van der Waals surface area contributed by atoms with Crippen molar-refractivity contribution in [2.75, 3.05) is 6.54 Å². The SMILES string of the molecule is CC1(C)[C@@H]2CC[C@@]1(C)/C(=N/NC(=O)c1ccc(S(=O)(=O)NCCC#N)cc1)C2. The van der Waals surface area contributed by atoms with Gasteiger partial charge in [0.25, 0.3) is 5.91 Å². The van der Waals surface area contributed by atoms with Gasteiger partial charge in [-0.3, -0.25) is 4.79 Å². The Bertz CT molecular complexity index is 945. The van der Waals surface area contributed by atoms with E-state index in [1.165, 1.54) is 30.7 Å². The van der Waals surface area contributed by atoms with E-state index in [1.807, 2.05) is 6.07 Å². The molecule has 2 saturated carbocycles. The molecule has 0 aliphatic heterocycles. The number of carbonyl (C=O) groups excluding carboxylic acids is 1. The topological polar surface area (TPSA) is 111 Å².